The Kier molecular flexibility index (Phi) is 4.03. The number of thiazole rings is 1. The summed E-state index contributed by atoms with van der Waals surface area (Å²) in [7, 11) is 0. The Labute approximate surface area is 126 Å². The van der Waals surface area contributed by atoms with Crippen molar-refractivity contribution < 1.29 is 14.1 Å². The molecule has 0 radical (unpaired) electrons. The molecule has 3 rings (SSSR count). The van der Waals surface area contributed by atoms with Crippen LogP contribution in [0.15, 0.2) is 16.1 Å². The summed E-state index contributed by atoms with van der Waals surface area (Å²) in [6, 6.07) is 1.91. The third-order valence-electron chi connectivity index (χ3n) is 3.61. The van der Waals surface area contributed by atoms with Crippen LogP contribution in [0.3, 0.4) is 0 Å². The lowest BCUT2D eigenvalue weighted by Crippen LogP contribution is -2.40. The largest absolute Gasteiger partial charge is 0.379 e. The Morgan fingerprint density at radius 1 is 1.48 bits per heavy atom. The molecule has 0 aliphatic carbocycles. The molecule has 1 fully saturated rings. The van der Waals surface area contributed by atoms with Crippen LogP contribution < -0.4 is 5.32 Å². The number of nitrogens with one attached hydrogen (secondary N) is 1. The molecule has 6 nitrogen and oxygen atoms in total. The average Bonchev–Trinajstić information content (AvgIpc) is 3.14. The van der Waals surface area contributed by atoms with Crippen LogP contribution in [0.5, 0.6) is 0 Å². The molecular formula is C14H17N3O3S. The number of aromatic nitrogens is 2. The molecule has 0 unspecified atom stereocenters. The van der Waals surface area contributed by atoms with Crippen LogP contribution in [0.25, 0.3) is 0 Å². The number of carbonyl (C=O) groups excluding carboxylic acids is 1. The molecule has 112 valence electrons. The van der Waals surface area contributed by atoms with Crippen molar-refractivity contribution >= 4 is 17.2 Å². The maximum absolute atomic E-state index is 12.3. The lowest BCUT2D eigenvalue weighted by atomic mass is 9.98. The summed E-state index contributed by atoms with van der Waals surface area (Å²) in [4.78, 5) is 17.0. The second-order valence-electron chi connectivity index (χ2n) is 5.28. The number of amides is 1. The first-order valence-corrected chi connectivity index (χ1v) is 7.72. The van der Waals surface area contributed by atoms with Crippen molar-refractivity contribution in [3.8, 4) is 0 Å². The monoisotopic (exact) mass is 307 g/mol. The molecule has 1 aliphatic rings. The van der Waals surface area contributed by atoms with E-state index in [1.807, 2.05) is 19.9 Å². The zero-order valence-electron chi connectivity index (χ0n) is 12.0. The lowest BCUT2D eigenvalue weighted by Gasteiger charge is -2.17. The van der Waals surface area contributed by atoms with E-state index in [0.717, 1.165) is 17.1 Å². The summed E-state index contributed by atoms with van der Waals surface area (Å²) in [5.41, 5.74) is 3.31. The van der Waals surface area contributed by atoms with E-state index in [9.17, 15) is 4.79 Å². The zero-order valence-corrected chi connectivity index (χ0v) is 12.8. The predicted molar refractivity (Wildman–Crippen MR) is 77.4 cm³/mol. The quantitative estimate of drug-likeness (QED) is 0.931. The van der Waals surface area contributed by atoms with E-state index in [2.05, 4.69) is 15.5 Å². The van der Waals surface area contributed by atoms with Gasteiger partial charge < -0.3 is 14.6 Å². The van der Waals surface area contributed by atoms with E-state index in [4.69, 9.17) is 9.26 Å². The fourth-order valence-electron chi connectivity index (χ4n) is 2.48. The number of carbonyl (C=O) groups is 1. The van der Waals surface area contributed by atoms with Crippen LogP contribution in [0.4, 0.5) is 0 Å². The first-order chi connectivity index (χ1) is 10.1. The highest BCUT2D eigenvalue weighted by molar-refractivity contribution is 7.11. The molecule has 3 heterocycles. The van der Waals surface area contributed by atoms with Gasteiger partial charge in [-0.2, -0.15) is 0 Å². The van der Waals surface area contributed by atoms with E-state index in [1.54, 1.807) is 5.51 Å². The topological polar surface area (TPSA) is 77.2 Å². The van der Waals surface area contributed by atoms with Gasteiger partial charge >= 0.3 is 0 Å². The normalized spacial score (nSPS) is 21.6. The van der Waals surface area contributed by atoms with Gasteiger partial charge in [-0.15, -0.1) is 11.3 Å². The van der Waals surface area contributed by atoms with Crippen LogP contribution >= 0.6 is 11.3 Å². The van der Waals surface area contributed by atoms with Crippen molar-refractivity contribution in [3.63, 3.8) is 0 Å². The van der Waals surface area contributed by atoms with Crippen LogP contribution in [0, 0.1) is 19.8 Å². The second-order valence-corrected chi connectivity index (χ2v) is 6.14. The van der Waals surface area contributed by atoms with Gasteiger partial charge in [0.25, 0.3) is 5.91 Å². The highest BCUT2D eigenvalue weighted by Gasteiger charge is 2.31. The van der Waals surface area contributed by atoms with Gasteiger partial charge in [0.2, 0.25) is 0 Å². The van der Waals surface area contributed by atoms with Crippen LogP contribution in [-0.2, 0) is 11.2 Å². The summed E-state index contributed by atoms with van der Waals surface area (Å²) in [5.74, 6) is 0.954. The van der Waals surface area contributed by atoms with Crippen molar-refractivity contribution in [2.75, 3.05) is 13.2 Å². The summed E-state index contributed by atoms with van der Waals surface area (Å²) < 4.78 is 10.8. The molecular weight excluding hydrogens is 290 g/mol. The average molecular weight is 307 g/mol. The maximum Gasteiger partial charge on any atom is 0.263 e. The van der Waals surface area contributed by atoms with Crippen LogP contribution in [0.2, 0.25) is 0 Å². The molecule has 0 saturated carbocycles. The lowest BCUT2D eigenvalue weighted by molar-refractivity contribution is 0.0928. The van der Waals surface area contributed by atoms with Crippen molar-refractivity contribution in [1.82, 2.24) is 15.5 Å². The number of aryl methyl sites for hydroxylation is 2. The summed E-state index contributed by atoms with van der Waals surface area (Å²) in [6.07, 6.45) is 0.716. The third-order valence-corrected chi connectivity index (χ3v) is 4.53. The number of ether oxygens (including phenoxy) is 1. The van der Waals surface area contributed by atoms with E-state index in [0.29, 0.717) is 24.5 Å². The predicted octanol–water partition coefficient (Wildman–Crippen LogP) is 1.74. The van der Waals surface area contributed by atoms with Crippen molar-refractivity contribution in [3.05, 3.63) is 33.6 Å². The van der Waals surface area contributed by atoms with Gasteiger partial charge in [0.05, 0.1) is 36.2 Å². The Balaban J connectivity index is 1.64. The molecule has 0 aromatic carbocycles. The van der Waals surface area contributed by atoms with Crippen molar-refractivity contribution in [2.45, 2.75) is 26.3 Å². The Morgan fingerprint density at radius 3 is 3.00 bits per heavy atom. The molecule has 0 spiro atoms. The number of hydrogen-bond donors (Lipinski definition) is 1. The summed E-state index contributed by atoms with van der Waals surface area (Å²) in [6.45, 7) is 4.88. The number of hydrogen-bond acceptors (Lipinski definition) is 6. The molecule has 1 amide bonds. The smallest absolute Gasteiger partial charge is 0.263 e. The Hall–Kier alpha value is -1.73. The first kappa shape index (κ1) is 14.2. The van der Waals surface area contributed by atoms with Gasteiger partial charge in [-0.05, 0) is 13.8 Å². The molecule has 0 bridgehead atoms. The summed E-state index contributed by atoms with van der Waals surface area (Å²) in [5, 5.41) is 6.93. The first-order valence-electron chi connectivity index (χ1n) is 6.84. The molecule has 1 aliphatic heterocycles. The van der Waals surface area contributed by atoms with E-state index in [1.165, 1.54) is 11.3 Å². The molecule has 2 aromatic heterocycles. The van der Waals surface area contributed by atoms with E-state index in [-0.39, 0.29) is 17.9 Å². The van der Waals surface area contributed by atoms with Gasteiger partial charge in [-0.1, -0.05) is 5.16 Å². The zero-order chi connectivity index (χ0) is 14.8. The minimum atomic E-state index is -0.0794. The highest BCUT2D eigenvalue weighted by Crippen LogP contribution is 2.21. The van der Waals surface area contributed by atoms with Crippen LogP contribution in [0.1, 0.15) is 26.8 Å². The third kappa shape index (κ3) is 3.14. The van der Waals surface area contributed by atoms with Crippen molar-refractivity contribution in [1.29, 1.82) is 0 Å². The standard InChI is InChI=1S/C14H17N3O3S/c1-8-3-11(20-17-8)4-10-5-19-6-12(10)16-14(18)13-9(2)15-7-21-13/h3,7,10,12H,4-6H2,1-2H3,(H,16,18)/t10-,12+/m1/s1. The fraction of sp³-hybridized carbons (Fsp3) is 0.500. The number of rotatable bonds is 4. The highest BCUT2D eigenvalue weighted by atomic mass is 32.1. The van der Waals surface area contributed by atoms with Gasteiger partial charge in [0, 0.05) is 18.4 Å². The minimum Gasteiger partial charge on any atom is -0.379 e. The Morgan fingerprint density at radius 2 is 2.33 bits per heavy atom. The van der Waals surface area contributed by atoms with Gasteiger partial charge in [0.1, 0.15) is 10.6 Å². The van der Waals surface area contributed by atoms with Gasteiger partial charge in [-0.25, -0.2) is 4.98 Å². The fourth-order valence-corrected chi connectivity index (χ4v) is 3.19. The Bertz CT molecular complexity index is 637. The maximum atomic E-state index is 12.3. The van der Waals surface area contributed by atoms with Gasteiger partial charge in [0.15, 0.2) is 0 Å². The minimum absolute atomic E-state index is 0.00981. The van der Waals surface area contributed by atoms with E-state index >= 15 is 0 Å². The second kappa shape index (κ2) is 5.95. The number of nitrogens with zero attached hydrogens (tertiary/aromatic N) is 2. The molecule has 7 heteroatoms. The summed E-state index contributed by atoms with van der Waals surface area (Å²) >= 11 is 1.36. The molecule has 2 atom stereocenters. The van der Waals surface area contributed by atoms with Crippen molar-refractivity contribution in [2.24, 2.45) is 5.92 Å². The van der Waals surface area contributed by atoms with Crippen LogP contribution in [-0.4, -0.2) is 35.3 Å². The molecule has 1 saturated heterocycles. The molecule has 21 heavy (non-hydrogen) atoms. The SMILES string of the molecule is Cc1cc(C[C@@H]2COC[C@@H]2NC(=O)c2scnc2C)on1. The molecule has 1 N–H and O–H groups in total. The van der Waals surface area contributed by atoms with E-state index < -0.39 is 0 Å². The van der Waals surface area contributed by atoms with Gasteiger partial charge in [-0.3, -0.25) is 4.79 Å². The molecule has 2 aromatic rings.